The topological polar surface area (TPSA) is 34.1 Å². The van der Waals surface area contributed by atoms with Gasteiger partial charge in [-0.3, -0.25) is 9.59 Å². The molecule has 2 rings (SSSR count). The second-order valence-electron chi connectivity index (χ2n) is 3.82. The quantitative estimate of drug-likeness (QED) is 0.765. The van der Waals surface area contributed by atoms with Gasteiger partial charge in [-0.15, -0.1) is 0 Å². The van der Waals surface area contributed by atoms with Crippen LogP contribution in [0.3, 0.4) is 0 Å². The first-order valence-electron chi connectivity index (χ1n) is 5.28. The van der Waals surface area contributed by atoms with Gasteiger partial charge < -0.3 is 0 Å². The molecule has 19 heavy (non-hydrogen) atoms. The van der Waals surface area contributed by atoms with Crippen LogP contribution in [-0.2, 0) is 0 Å². The molecule has 0 aliphatic heterocycles. The molecule has 0 atom stereocenters. The largest absolute Gasteiger partial charge is 0.276 e. The van der Waals surface area contributed by atoms with Crippen LogP contribution in [0.15, 0.2) is 42.5 Å². The summed E-state index contributed by atoms with van der Waals surface area (Å²) in [5, 5.41) is -0.659. The van der Waals surface area contributed by atoms with Gasteiger partial charge in [-0.25, -0.2) is 0 Å². The molecule has 2 aromatic rings. The van der Waals surface area contributed by atoms with E-state index in [0.717, 1.165) is 11.1 Å². The van der Waals surface area contributed by atoms with Crippen LogP contribution >= 0.6 is 34.8 Å². The molecule has 0 saturated heterocycles. The van der Waals surface area contributed by atoms with Crippen LogP contribution in [0.5, 0.6) is 0 Å². The van der Waals surface area contributed by atoms with E-state index in [2.05, 4.69) is 0 Å². The molecular weight excluding hydrogens is 307 g/mol. The Labute approximate surface area is 124 Å². The SMILES string of the molecule is O=C(Cl)c1ccc(-c2ccc(C(=O)Cl)cc2Cl)cc1. The van der Waals surface area contributed by atoms with Gasteiger partial charge in [0.1, 0.15) is 0 Å². The standard InChI is InChI=1S/C14H7Cl3O2/c15-12-7-10(14(17)19)5-6-11(12)8-1-3-9(4-2-8)13(16)18/h1-7H. The molecule has 96 valence electrons. The van der Waals surface area contributed by atoms with E-state index in [9.17, 15) is 9.59 Å². The molecule has 0 unspecified atom stereocenters. The van der Waals surface area contributed by atoms with Crippen molar-refractivity contribution in [1.29, 1.82) is 0 Å². The average molecular weight is 314 g/mol. The first kappa shape index (κ1) is 14.1. The molecule has 0 N–H and O–H groups in total. The van der Waals surface area contributed by atoms with Gasteiger partial charge in [-0.05, 0) is 53.0 Å². The third-order valence-corrected chi connectivity index (χ3v) is 3.37. The van der Waals surface area contributed by atoms with E-state index in [-0.39, 0.29) is 0 Å². The minimum Gasteiger partial charge on any atom is -0.276 e. The maximum absolute atomic E-state index is 11.0. The zero-order valence-corrected chi connectivity index (χ0v) is 11.8. The second kappa shape index (κ2) is 5.74. The summed E-state index contributed by atoms with van der Waals surface area (Å²) in [5.41, 5.74) is 2.31. The lowest BCUT2D eigenvalue weighted by Crippen LogP contribution is -1.91. The van der Waals surface area contributed by atoms with E-state index < -0.39 is 10.5 Å². The van der Waals surface area contributed by atoms with Crippen LogP contribution < -0.4 is 0 Å². The second-order valence-corrected chi connectivity index (χ2v) is 4.91. The minimum absolute atomic E-state index is 0.336. The normalized spacial score (nSPS) is 10.3. The Hall–Kier alpha value is -1.35. The van der Waals surface area contributed by atoms with Gasteiger partial charge in [0.15, 0.2) is 0 Å². The van der Waals surface area contributed by atoms with Crippen LogP contribution in [0.4, 0.5) is 0 Å². The summed E-state index contributed by atoms with van der Waals surface area (Å²) in [6.07, 6.45) is 0. The first-order chi connectivity index (χ1) is 8.99. The van der Waals surface area contributed by atoms with Gasteiger partial charge in [-0.2, -0.15) is 0 Å². The number of hydrogen-bond donors (Lipinski definition) is 0. The minimum atomic E-state index is -0.559. The van der Waals surface area contributed by atoms with Gasteiger partial charge in [0, 0.05) is 21.7 Å². The zero-order chi connectivity index (χ0) is 14.0. The van der Waals surface area contributed by atoms with Gasteiger partial charge in [0.25, 0.3) is 10.5 Å². The van der Waals surface area contributed by atoms with Crippen LogP contribution in [0, 0.1) is 0 Å². The molecule has 0 amide bonds. The maximum atomic E-state index is 11.0. The number of rotatable bonds is 3. The Morgan fingerprint density at radius 2 is 1.32 bits per heavy atom. The molecule has 0 spiro atoms. The molecule has 0 bridgehead atoms. The zero-order valence-electron chi connectivity index (χ0n) is 9.49. The lowest BCUT2D eigenvalue weighted by atomic mass is 10.0. The molecule has 2 nitrogen and oxygen atoms in total. The van der Waals surface area contributed by atoms with E-state index >= 15 is 0 Å². The van der Waals surface area contributed by atoms with E-state index in [0.29, 0.717) is 16.1 Å². The fraction of sp³-hybridized carbons (Fsp3) is 0. The predicted octanol–water partition coefficient (Wildman–Crippen LogP) is 4.77. The van der Waals surface area contributed by atoms with Crippen LogP contribution in [0.2, 0.25) is 5.02 Å². The summed E-state index contributed by atoms with van der Waals surface area (Å²) in [5.74, 6) is 0. The Morgan fingerprint density at radius 1 is 0.789 bits per heavy atom. The van der Waals surface area contributed by atoms with Crippen LogP contribution in [0.25, 0.3) is 11.1 Å². The van der Waals surface area contributed by atoms with Crippen molar-refractivity contribution in [2.24, 2.45) is 0 Å². The molecule has 0 aliphatic carbocycles. The van der Waals surface area contributed by atoms with E-state index in [1.54, 1.807) is 36.4 Å². The Kier molecular flexibility index (Phi) is 4.25. The molecule has 5 heteroatoms. The molecule has 0 heterocycles. The summed E-state index contributed by atoms with van der Waals surface area (Å²) in [4.78, 5) is 22.0. The lowest BCUT2D eigenvalue weighted by Gasteiger charge is -2.06. The number of carbonyl (C=O) groups is 2. The molecule has 0 aliphatic rings. The highest BCUT2D eigenvalue weighted by molar-refractivity contribution is 6.68. The van der Waals surface area contributed by atoms with Gasteiger partial charge >= 0.3 is 0 Å². The van der Waals surface area contributed by atoms with Crippen molar-refractivity contribution < 1.29 is 9.59 Å². The Bertz CT molecular complexity index is 648. The fourth-order valence-electron chi connectivity index (χ4n) is 1.65. The monoisotopic (exact) mass is 312 g/mol. The van der Waals surface area contributed by atoms with Crippen molar-refractivity contribution in [2.45, 2.75) is 0 Å². The van der Waals surface area contributed by atoms with Crippen molar-refractivity contribution >= 4 is 45.3 Å². The lowest BCUT2D eigenvalue weighted by molar-refractivity contribution is 0.107. The van der Waals surface area contributed by atoms with E-state index in [1.807, 2.05) is 0 Å². The highest BCUT2D eigenvalue weighted by Gasteiger charge is 2.09. The average Bonchev–Trinajstić information content (AvgIpc) is 2.38. The van der Waals surface area contributed by atoms with Crippen molar-refractivity contribution in [2.75, 3.05) is 0 Å². The number of halogens is 3. The highest BCUT2D eigenvalue weighted by atomic mass is 35.5. The summed E-state index contributed by atoms with van der Waals surface area (Å²) in [6.45, 7) is 0. The van der Waals surface area contributed by atoms with Gasteiger partial charge in [0.05, 0.1) is 0 Å². The third kappa shape index (κ3) is 3.16. The van der Waals surface area contributed by atoms with Crippen LogP contribution in [0.1, 0.15) is 20.7 Å². The number of carbonyl (C=O) groups excluding carboxylic acids is 2. The maximum Gasteiger partial charge on any atom is 0.252 e. The number of hydrogen-bond acceptors (Lipinski definition) is 2. The van der Waals surface area contributed by atoms with E-state index in [4.69, 9.17) is 34.8 Å². The molecule has 0 aromatic heterocycles. The van der Waals surface area contributed by atoms with Crippen molar-refractivity contribution in [3.8, 4) is 11.1 Å². The summed E-state index contributed by atoms with van der Waals surface area (Å²) >= 11 is 16.9. The van der Waals surface area contributed by atoms with E-state index in [1.165, 1.54) is 6.07 Å². The Balaban J connectivity index is 2.41. The summed E-state index contributed by atoms with van der Waals surface area (Å²) in [7, 11) is 0. The Morgan fingerprint density at radius 3 is 1.79 bits per heavy atom. The molecule has 2 aromatic carbocycles. The van der Waals surface area contributed by atoms with Gasteiger partial charge in [-0.1, -0.05) is 29.8 Å². The highest BCUT2D eigenvalue weighted by Crippen LogP contribution is 2.29. The van der Waals surface area contributed by atoms with Crippen molar-refractivity contribution in [3.63, 3.8) is 0 Å². The molecular formula is C14H7Cl3O2. The molecule has 0 radical (unpaired) electrons. The molecule has 0 saturated carbocycles. The molecule has 0 fully saturated rings. The predicted molar refractivity (Wildman–Crippen MR) is 77.3 cm³/mol. The van der Waals surface area contributed by atoms with Crippen molar-refractivity contribution in [3.05, 3.63) is 58.6 Å². The fourth-order valence-corrected chi connectivity index (χ4v) is 2.19. The third-order valence-electron chi connectivity index (χ3n) is 2.62. The summed E-state index contributed by atoms with van der Waals surface area (Å²) in [6, 6.07) is 11.5. The summed E-state index contributed by atoms with van der Waals surface area (Å²) < 4.78 is 0. The van der Waals surface area contributed by atoms with Crippen LogP contribution in [-0.4, -0.2) is 10.5 Å². The van der Waals surface area contributed by atoms with Gasteiger partial charge in [0.2, 0.25) is 0 Å². The first-order valence-corrected chi connectivity index (χ1v) is 6.42. The number of benzene rings is 2. The smallest absolute Gasteiger partial charge is 0.252 e. The van der Waals surface area contributed by atoms with Crippen molar-refractivity contribution in [1.82, 2.24) is 0 Å².